The van der Waals surface area contributed by atoms with Gasteiger partial charge >= 0.3 is 8.80 Å². The Hall–Kier alpha value is -2.16. The average molecular weight is 333 g/mol. The maximum atomic E-state index is 11.0. The number of carbonyl (C=O) groups is 4. The van der Waals surface area contributed by atoms with E-state index in [0.29, 0.717) is 0 Å². The Morgan fingerprint density at radius 2 is 1.27 bits per heavy atom. The fraction of sp³-hybridized carbons (Fsp3) is 0.538. The summed E-state index contributed by atoms with van der Waals surface area (Å²) < 4.78 is 15.0. The van der Waals surface area contributed by atoms with Gasteiger partial charge in [0.1, 0.15) is 0 Å². The van der Waals surface area contributed by atoms with Gasteiger partial charge in [-0.2, -0.15) is 0 Å². The van der Waals surface area contributed by atoms with Crippen LogP contribution in [0.1, 0.15) is 34.6 Å². The first-order chi connectivity index (χ1) is 9.94. The van der Waals surface area contributed by atoms with Crippen LogP contribution < -0.4 is 5.73 Å². The van der Waals surface area contributed by atoms with Crippen molar-refractivity contribution in [1.82, 2.24) is 0 Å². The van der Waals surface area contributed by atoms with Gasteiger partial charge in [-0.25, -0.2) is 0 Å². The molecule has 0 aliphatic carbocycles. The second-order valence-corrected chi connectivity index (χ2v) is 7.06. The molecule has 0 aromatic heterocycles. The number of amides is 1. The second-order valence-electron chi connectivity index (χ2n) is 4.67. The summed E-state index contributed by atoms with van der Waals surface area (Å²) in [5.74, 6) is -2.34. The van der Waals surface area contributed by atoms with Crippen LogP contribution in [0.2, 0.25) is 6.04 Å². The van der Waals surface area contributed by atoms with Gasteiger partial charge in [-0.1, -0.05) is 20.4 Å². The van der Waals surface area contributed by atoms with Crippen LogP contribution in [0.15, 0.2) is 12.7 Å². The van der Waals surface area contributed by atoms with E-state index in [0.717, 1.165) is 6.08 Å². The molecular formula is C13H23NO7Si. The van der Waals surface area contributed by atoms with E-state index in [4.69, 9.17) is 13.3 Å². The molecule has 0 spiro atoms. The Bertz CT molecular complexity index is 393. The molecule has 0 aliphatic rings. The third kappa shape index (κ3) is 12.8. The minimum Gasteiger partial charge on any atom is -0.455 e. The van der Waals surface area contributed by atoms with Gasteiger partial charge in [-0.15, -0.1) is 0 Å². The SMILES string of the molecule is C=CC(N)=O.CC(=O)O[Si](CC(C)C)(OC(C)=O)OC(C)=O. The van der Waals surface area contributed by atoms with E-state index < -0.39 is 32.6 Å². The van der Waals surface area contributed by atoms with Crippen molar-refractivity contribution in [2.45, 2.75) is 40.7 Å². The predicted molar refractivity (Wildman–Crippen MR) is 80.1 cm³/mol. The molecule has 0 aromatic rings. The fourth-order valence-electron chi connectivity index (χ4n) is 1.34. The molecule has 9 heteroatoms. The number of nitrogens with two attached hydrogens (primary N) is 1. The highest BCUT2D eigenvalue weighted by molar-refractivity contribution is 6.65. The molecule has 0 rings (SSSR count). The number of hydrogen-bond donors (Lipinski definition) is 1. The monoisotopic (exact) mass is 333 g/mol. The van der Waals surface area contributed by atoms with Crippen LogP contribution in [0, 0.1) is 5.92 Å². The highest BCUT2D eigenvalue weighted by Gasteiger charge is 2.52. The minimum absolute atomic E-state index is 0.0553. The largest absolute Gasteiger partial charge is 0.705 e. The lowest BCUT2D eigenvalue weighted by Gasteiger charge is -2.27. The first-order valence-electron chi connectivity index (χ1n) is 6.44. The van der Waals surface area contributed by atoms with E-state index in [-0.39, 0.29) is 12.0 Å². The van der Waals surface area contributed by atoms with Crippen LogP contribution in [0.5, 0.6) is 0 Å². The first-order valence-corrected chi connectivity index (χ1v) is 8.38. The second kappa shape index (κ2) is 10.5. The third-order valence-corrected chi connectivity index (χ3v) is 4.87. The highest BCUT2D eigenvalue weighted by atomic mass is 28.4. The van der Waals surface area contributed by atoms with Crippen LogP contribution in [0.4, 0.5) is 0 Å². The van der Waals surface area contributed by atoms with E-state index >= 15 is 0 Å². The first kappa shape index (κ1) is 22.1. The lowest BCUT2D eigenvalue weighted by molar-refractivity contribution is -0.148. The minimum atomic E-state index is -3.60. The summed E-state index contributed by atoms with van der Waals surface area (Å²) in [6.07, 6.45) is 1.06. The van der Waals surface area contributed by atoms with Crippen molar-refractivity contribution in [1.29, 1.82) is 0 Å². The Balaban J connectivity index is 0. The van der Waals surface area contributed by atoms with Crippen LogP contribution in [-0.2, 0) is 32.5 Å². The molecule has 0 radical (unpaired) electrons. The van der Waals surface area contributed by atoms with E-state index in [9.17, 15) is 19.2 Å². The van der Waals surface area contributed by atoms with Crippen molar-refractivity contribution in [2.24, 2.45) is 11.7 Å². The molecule has 2 N–H and O–H groups in total. The van der Waals surface area contributed by atoms with Crippen LogP contribution in [0.25, 0.3) is 0 Å². The quantitative estimate of drug-likeness (QED) is 0.566. The fourth-order valence-corrected chi connectivity index (χ4v) is 4.03. The summed E-state index contributed by atoms with van der Waals surface area (Å²) in [4.78, 5) is 42.6. The van der Waals surface area contributed by atoms with E-state index in [1.807, 2.05) is 13.8 Å². The van der Waals surface area contributed by atoms with Gasteiger partial charge in [0.15, 0.2) is 0 Å². The van der Waals surface area contributed by atoms with Gasteiger partial charge in [0.25, 0.3) is 17.9 Å². The molecule has 0 saturated heterocycles. The third-order valence-electron chi connectivity index (χ3n) is 1.76. The molecule has 1 amide bonds. The van der Waals surface area contributed by atoms with Gasteiger partial charge in [0.05, 0.1) is 6.04 Å². The molecule has 0 saturated carbocycles. The predicted octanol–water partition coefficient (Wildman–Crippen LogP) is 0.928. The van der Waals surface area contributed by atoms with Crippen LogP contribution in [-0.4, -0.2) is 32.6 Å². The molecule has 0 unspecified atom stereocenters. The van der Waals surface area contributed by atoms with Gasteiger partial charge in [-0.05, 0) is 12.0 Å². The van der Waals surface area contributed by atoms with Crippen molar-refractivity contribution in [3.05, 3.63) is 12.7 Å². The smallest absolute Gasteiger partial charge is 0.455 e. The van der Waals surface area contributed by atoms with Crippen LogP contribution >= 0.6 is 0 Å². The van der Waals surface area contributed by atoms with Crippen molar-refractivity contribution in [3.63, 3.8) is 0 Å². The van der Waals surface area contributed by atoms with E-state index in [1.54, 1.807) is 0 Å². The van der Waals surface area contributed by atoms with Gasteiger partial charge < -0.3 is 19.0 Å². The highest BCUT2D eigenvalue weighted by Crippen LogP contribution is 2.22. The summed E-state index contributed by atoms with van der Waals surface area (Å²) >= 11 is 0. The number of primary amides is 1. The zero-order valence-corrected chi connectivity index (χ0v) is 14.5. The van der Waals surface area contributed by atoms with Crippen LogP contribution in [0.3, 0.4) is 0 Å². The number of carbonyl (C=O) groups excluding carboxylic acids is 4. The van der Waals surface area contributed by atoms with Crippen molar-refractivity contribution < 1.29 is 32.5 Å². The lowest BCUT2D eigenvalue weighted by atomic mass is 10.3. The molecule has 0 heterocycles. The Morgan fingerprint density at radius 1 is 1.00 bits per heavy atom. The molecule has 126 valence electrons. The zero-order valence-electron chi connectivity index (χ0n) is 13.5. The maximum absolute atomic E-state index is 11.0. The Morgan fingerprint density at radius 3 is 1.41 bits per heavy atom. The molecule has 0 aromatic carbocycles. The molecule has 0 atom stereocenters. The van der Waals surface area contributed by atoms with Gasteiger partial charge in [0, 0.05) is 20.8 Å². The molecule has 0 bridgehead atoms. The van der Waals surface area contributed by atoms with Crippen molar-refractivity contribution in [2.75, 3.05) is 0 Å². The summed E-state index contributed by atoms with van der Waals surface area (Å²) in [5.41, 5.74) is 4.53. The summed E-state index contributed by atoms with van der Waals surface area (Å²) in [6.45, 7) is 10.3. The molecule has 22 heavy (non-hydrogen) atoms. The lowest BCUT2D eigenvalue weighted by Crippen LogP contribution is -2.50. The Labute approximate surface area is 131 Å². The van der Waals surface area contributed by atoms with Gasteiger partial charge in [-0.3, -0.25) is 19.2 Å². The topological polar surface area (TPSA) is 122 Å². The number of rotatable bonds is 6. The average Bonchev–Trinajstić information content (AvgIpc) is 2.24. The molecule has 0 aliphatic heterocycles. The zero-order chi connectivity index (χ0) is 17.9. The van der Waals surface area contributed by atoms with Crippen molar-refractivity contribution in [3.8, 4) is 0 Å². The Kier molecular flexibility index (Phi) is 10.6. The summed E-state index contributed by atoms with van der Waals surface area (Å²) in [6, 6.07) is 0.214. The van der Waals surface area contributed by atoms with Crippen molar-refractivity contribution >= 4 is 32.6 Å². The normalized spacial score (nSPS) is 9.91. The standard InChI is InChI=1S/C10H18O6Si.C3H5NO/c1-7(2)6-17(14-8(3)11,15-9(4)12)16-10(5)13;1-2-3(4)5/h7H,6H2,1-5H3;2H,1H2,(H2,4,5). The van der Waals surface area contributed by atoms with Gasteiger partial charge in [0.2, 0.25) is 5.91 Å². The van der Waals surface area contributed by atoms with E-state index in [2.05, 4.69) is 12.3 Å². The molecular weight excluding hydrogens is 310 g/mol. The number of hydrogen-bond acceptors (Lipinski definition) is 7. The molecule has 8 nitrogen and oxygen atoms in total. The van der Waals surface area contributed by atoms with E-state index in [1.165, 1.54) is 20.8 Å². The maximum Gasteiger partial charge on any atom is 0.705 e. The molecule has 0 fully saturated rings. The summed E-state index contributed by atoms with van der Waals surface area (Å²) in [7, 11) is -3.60. The summed E-state index contributed by atoms with van der Waals surface area (Å²) in [5, 5.41) is 0.